The van der Waals surface area contributed by atoms with Gasteiger partial charge in [0, 0.05) is 23.8 Å². The molecule has 0 aliphatic rings. The molecule has 2 aromatic rings. The third-order valence-corrected chi connectivity index (χ3v) is 4.64. The van der Waals surface area contributed by atoms with Crippen molar-refractivity contribution < 1.29 is 8.42 Å². The molecule has 1 aromatic carbocycles. The third-order valence-electron chi connectivity index (χ3n) is 3.13. The fourth-order valence-corrected chi connectivity index (χ4v) is 3.43. The van der Waals surface area contributed by atoms with Gasteiger partial charge in [0.15, 0.2) is 5.03 Å². The van der Waals surface area contributed by atoms with Crippen molar-refractivity contribution >= 4 is 10.0 Å². The Morgan fingerprint density at radius 3 is 2.60 bits per heavy atom. The summed E-state index contributed by atoms with van der Waals surface area (Å²) >= 11 is 0. The average Bonchev–Trinajstić information content (AvgIpc) is 2.81. The second-order valence-corrected chi connectivity index (χ2v) is 6.22. The number of aromatic nitrogens is 2. The van der Waals surface area contributed by atoms with Crippen molar-refractivity contribution in [3.63, 3.8) is 0 Å². The summed E-state index contributed by atoms with van der Waals surface area (Å²) in [4.78, 5) is 0. The Balaban J connectivity index is 2.28. The Labute approximate surface area is 118 Å². The molecule has 0 fully saturated rings. The van der Waals surface area contributed by atoms with Gasteiger partial charge >= 0.3 is 0 Å². The van der Waals surface area contributed by atoms with E-state index in [1.165, 1.54) is 0 Å². The molecule has 0 saturated heterocycles. The fraction of sp³-hybridized carbons (Fsp3) is 0.308. The number of aryl methyl sites for hydroxylation is 1. The molecule has 2 rings (SSSR count). The Kier molecular flexibility index (Phi) is 4.22. The van der Waals surface area contributed by atoms with Crippen molar-refractivity contribution in [1.82, 2.24) is 14.9 Å². The zero-order valence-electron chi connectivity index (χ0n) is 11.4. The van der Waals surface area contributed by atoms with E-state index >= 15 is 0 Å². The maximum Gasteiger partial charge on any atom is 0.260 e. The van der Waals surface area contributed by atoms with E-state index in [1.807, 2.05) is 30.3 Å². The molecule has 0 aliphatic carbocycles. The summed E-state index contributed by atoms with van der Waals surface area (Å²) in [5, 5.41) is 6.48. The highest BCUT2D eigenvalue weighted by atomic mass is 32.2. The standard InChI is InChI=1S/C13H18N4O2S/c1-9(11-6-4-3-5-7-11)17-20(18,19)13-12(8-14)10(2)15-16-13/h3-7,9,17H,8,14H2,1-2H3,(H,15,16). The zero-order valence-corrected chi connectivity index (χ0v) is 12.2. The van der Waals surface area contributed by atoms with Gasteiger partial charge in [0.1, 0.15) is 0 Å². The number of nitrogens with zero attached hydrogens (tertiary/aromatic N) is 1. The molecule has 20 heavy (non-hydrogen) atoms. The normalized spacial score (nSPS) is 13.3. The predicted octanol–water partition coefficient (Wildman–Crippen LogP) is 1.22. The van der Waals surface area contributed by atoms with Crippen LogP contribution in [0.2, 0.25) is 0 Å². The lowest BCUT2D eigenvalue weighted by atomic mass is 10.1. The van der Waals surface area contributed by atoms with Gasteiger partial charge in [-0.3, -0.25) is 5.10 Å². The van der Waals surface area contributed by atoms with Crippen LogP contribution in [0.4, 0.5) is 0 Å². The average molecular weight is 294 g/mol. The van der Waals surface area contributed by atoms with Gasteiger partial charge in [-0.15, -0.1) is 0 Å². The molecule has 0 saturated carbocycles. The number of hydrogen-bond acceptors (Lipinski definition) is 4. The largest absolute Gasteiger partial charge is 0.326 e. The van der Waals surface area contributed by atoms with Crippen molar-refractivity contribution in [2.24, 2.45) is 5.73 Å². The fourth-order valence-electron chi connectivity index (χ4n) is 1.99. The lowest BCUT2D eigenvalue weighted by Crippen LogP contribution is -2.28. The molecule has 0 bridgehead atoms. The quantitative estimate of drug-likeness (QED) is 0.771. The first-order valence-corrected chi connectivity index (χ1v) is 7.75. The number of benzene rings is 1. The van der Waals surface area contributed by atoms with Crippen LogP contribution >= 0.6 is 0 Å². The van der Waals surface area contributed by atoms with Crippen LogP contribution in [0.5, 0.6) is 0 Å². The van der Waals surface area contributed by atoms with Gasteiger partial charge in [-0.1, -0.05) is 30.3 Å². The molecule has 0 amide bonds. The number of hydrogen-bond donors (Lipinski definition) is 3. The van der Waals surface area contributed by atoms with Crippen molar-refractivity contribution in [3.8, 4) is 0 Å². The molecule has 4 N–H and O–H groups in total. The summed E-state index contributed by atoms with van der Waals surface area (Å²) in [6.07, 6.45) is 0. The molecule has 1 heterocycles. The number of rotatable bonds is 5. The second kappa shape index (κ2) is 5.74. The smallest absolute Gasteiger partial charge is 0.260 e. The number of nitrogens with two attached hydrogens (primary N) is 1. The first-order valence-electron chi connectivity index (χ1n) is 6.27. The Bertz CT molecular complexity index is 680. The van der Waals surface area contributed by atoms with Crippen LogP contribution in [0.15, 0.2) is 35.4 Å². The number of sulfonamides is 1. The van der Waals surface area contributed by atoms with E-state index in [1.54, 1.807) is 13.8 Å². The van der Waals surface area contributed by atoms with Crippen LogP contribution in [0.1, 0.15) is 29.8 Å². The molecule has 7 heteroatoms. The lowest BCUT2D eigenvalue weighted by Gasteiger charge is -2.14. The van der Waals surface area contributed by atoms with Gasteiger partial charge in [0.2, 0.25) is 0 Å². The topological polar surface area (TPSA) is 101 Å². The molecule has 1 aromatic heterocycles. The van der Waals surface area contributed by atoms with Gasteiger partial charge in [0.05, 0.1) is 0 Å². The minimum atomic E-state index is -3.70. The number of H-pyrrole nitrogens is 1. The van der Waals surface area contributed by atoms with Crippen LogP contribution in [0, 0.1) is 6.92 Å². The summed E-state index contributed by atoms with van der Waals surface area (Å²) in [6, 6.07) is 9.01. The molecule has 6 nitrogen and oxygen atoms in total. The summed E-state index contributed by atoms with van der Waals surface area (Å²) in [5.74, 6) is 0. The maximum atomic E-state index is 12.4. The van der Waals surface area contributed by atoms with E-state index in [4.69, 9.17) is 5.73 Å². The van der Waals surface area contributed by atoms with E-state index < -0.39 is 10.0 Å². The highest BCUT2D eigenvalue weighted by Gasteiger charge is 2.25. The SMILES string of the molecule is Cc1[nH]nc(S(=O)(=O)NC(C)c2ccccc2)c1CN. The van der Waals surface area contributed by atoms with Gasteiger partial charge in [-0.2, -0.15) is 5.10 Å². The lowest BCUT2D eigenvalue weighted by molar-refractivity contribution is 0.561. The monoisotopic (exact) mass is 294 g/mol. The molecular formula is C13H18N4O2S. The molecule has 0 aliphatic heterocycles. The van der Waals surface area contributed by atoms with Crippen LogP contribution in [0.3, 0.4) is 0 Å². The van der Waals surface area contributed by atoms with Crippen molar-refractivity contribution in [1.29, 1.82) is 0 Å². The second-order valence-electron chi connectivity index (χ2n) is 4.59. The van der Waals surface area contributed by atoms with Crippen LogP contribution < -0.4 is 10.5 Å². The van der Waals surface area contributed by atoms with Crippen molar-refractivity contribution in [2.45, 2.75) is 31.5 Å². The summed E-state index contributed by atoms with van der Waals surface area (Å²) < 4.78 is 27.3. The van der Waals surface area contributed by atoms with Crippen molar-refractivity contribution in [2.75, 3.05) is 0 Å². The van der Waals surface area contributed by atoms with Gasteiger partial charge in [-0.05, 0) is 19.4 Å². The van der Waals surface area contributed by atoms with Gasteiger partial charge in [-0.25, -0.2) is 13.1 Å². The van der Waals surface area contributed by atoms with Crippen molar-refractivity contribution in [3.05, 3.63) is 47.2 Å². The number of aromatic amines is 1. The van der Waals surface area contributed by atoms with E-state index in [9.17, 15) is 8.42 Å². The number of nitrogens with one attached hydrogen (secondary N) is 2. The Hall–Kier alpha value is -1.70. The molecule has 1 atom stereocenters. The first-order chi connectivity index (χ1) is 9.45. The maximum absolute atomic E-state index is 12.4. The Morgan fingerprint density at radius 2 is 2.00 bits per heavy atom. The van der Waals surface area contributed by atoms with Gasteiger partial charge < -0.3 is 5.73 Å². The first kappa shape index (κ1) is 14.7. The highest BCUT2D eigenvalue weighted by Crippen LogP contribution is 2.19. The minimum absolute atomic E-state index is 0.0275. The zero-order chi connectivity index (χ0) is 14.8. The molecule has 0 spiro atoms. The van der Waals surface area contributed by atoms with Gasteiger partial charge in [0.25, 0.3) is 10.0 Å². The van der Waals surface area contributed by atoms with E-state index in [0.717, 1.165) is 5.56 Å². The highest BCUT2D eigenvalue weighted by molar-refractivity contribution is 7.89. The molecular weight excluding hydrogens is 276 g/mol. The summed E-state index contributed by atoms with van der Waals surface area (Å²) in [7, 11) is -3.70. The molecule has 108 valence electrons. The summed E-state index contributed by atoms with van der Waals surface area (Å²) in [5.41, 5.74) is 7.65. The van der Waals surface area contributed by atoms with Crippen LogP contribution in [0.25, 0.3) is 0 Å². The predicted molar refractivity (Wildman–Crippen MR) is 76.4 cm³/mol. The van der Waals surface area contributed by atoms with E-state index in [0.29, 0.717) is 11.3 Å². The molecule has 0 radical (unpaired) electrons. The van der Waals surface area contributed by atoms with E-state index in [2.05, 4.69) is 14.9 Å². The Morgan fingerprint density at radius 1 is 1.35 bits per heavy atom. The van der Waals surface area contributed by atoms with E-state index in [-0.39, 0.29) is 17.6 Å². The molecule has 1 unspecified atom stereocenters. The third kappa shape index (κ3) is 2.90. The van der Waals surface area contributed by atoms with Crippen LogP contribution in [-0.4, -0.2) is 18.6 Å². The minimum Gasteiger partial charge on any atom is -0.326 e. The van der Waals surface area contributed by atoms with Crippen LogP contribution in [-0.2, 0) is 16.6 Å². The summed E-state index contributed by atoms with van der Waals surface area (Å²) in [6.45, 7) is 3.65.